The second-order valence-electron chi connectivity index (χ2n) is 5.81. The number of benzene rings is 2. The molecule has 0 bridgehead atoms. The van der Waals surface area contributed by atoms with E-state index in [0.717, 1.165) is 19.2 Å². The zero-order valence-corrected chi connectivity index (χ0v) is 15.6. The molecule has 1 atom stereocenters. The van der Waals surface area contributed by atoms with Crippen molar-refractivity contribution in [2.45, 2.75) is 12.6 Å². The lowest BCUT2D eigenvalue weighted by Crippen LogP contribution is -2.31. The third kappa shape index (κ3) is 5.48. The van der Waals surface area contributed by atoms with Gasteiger partial charge in [0.1, 0.15) is 23.2 Å². The molecule has 0 aliphatic carbocycles. The zero-order chi connectivity index (χ0) is 21.6. The number of nitrogens with one attached hydrogen (secondary N) is 1. The molecule has 29 heavy (non-hydrogen) atoms. The lowest BCUT2D eigenvalue weighted by atomic mass is 10.1. The highest BCUT2D eigenvalue weighted by atomic mass is 19.1. The quantitative estimate of drug-likeness (QED) is 0.478. The van der Waals surface area contributed by atoms with Crippen molar-refractivity contribution in [1.82, 2.24) is 5.32 Å². The van der Waals surface area contributed by atoms with E-state index in [9.17, 15) is 18.4 Å². The molecule has 2 rings (SSSR count). The lowest BCUT2D eigenvalue weighted by molar-refractivity contribution is -0.131. The zero-order valence-electron chi connectivity index (χ0n) is 15.6. The van der Waals surface area contributed by atoms with Crippen molar-refractivity contribution >= 4 is 17.8 Å². The summed E-state index contributed by atoms with van der Waals surface area (Å²) in [5.41, 5.74) is 6.04. The summed E-state index contributed by atoms with van der Waals surface area (Å²) in [7, 11) is 2.42. The first kappa shape index (κ1) is 21.8. The molecule has 0 radical (unpaired) electrons. The number of carbonyl (C=O) groups is 2. The molecule has 0 aliphatic heterocycles. The molecule has 1 unspecified atom stereocenters. The van der Waals surface area contributed by atoms with Crippen molar-refractivity contribution in [1.29, 1.82) is 0 Å². The van der Waals surface area contributed by atoms with Crippen LogP contribution in [0.2, 0.25) is 0 Å². The van der Waals surface area contributed by atoms with Crippen molar-refractivity contribution in [3.8, 4) is 5.75 Å². The van der Waals surface area contributed by atoms with Gasteiger partial charge in [0.2, 0.25) is 0 Å². The largest absolute Gasteiger partial charge is 0.497 e. The van der Waals surface area contributed by atoms with E-state index in [2.05, 4.69) is 10.3 Å². The summed E-state index contributed by atoms with van der Waals surface area (Å²) >= 11 is 0. The van der Waals surface area contributed by atoms with Crippen molar-refractivity contribution in [3.63, 3.8) is 0 Å². The first-order valence-electron chi connectivity index (χ1n) is 8.26. The van der Waals surface area contributed by atoms with E-state index in [-0.39, 0.29) is 18.1 Å². The molecule has 0 saturated heterocycles. The molecular weight excluding hydrogens is 388 g/mol. The van der Waals surface area contributed by atoms with Crippen LogP contribution in [0.25, 0.3) is 0 Å². The Hall–Kier alpha value is -3.53. The predicted molar refractivity (Wildman–Crippen MR) is 99.7 cm³/mol. The smallest absolute Gasteiger partial charge is 0.433 e. The maximum atomic E-state index is 14.2. The summed E-state index contributed by atoms with van der Waals surface area (Å²) < 4.78 is 38.2. The summed E-state index contributed by atoms with van der Waals surface area (Å²) in [4.78, 5) is 26.1. The Morgan fingerprint density at radius 3 is 2.24 bits per heavy atom. The molecular formula is C19H19F2N3O5. The third-order valence-electron chi connectivity index (χ3n) is 3.96. The fourth-order valence-electron chi connectivity index (χ4n) is 2.53. The number of nitrogens with two attached hydrogens (primary N) is 1. The number of rotatable bonds is 7. The molecule has 0 saturated carbocycles. The maximum Gasteiger partial charge on any atom is 0.433 e. The van der Waals surface area contributed by atoms with Gasteiger partial charge in [-0.15, -0.1) is 0 Å². The molecule has 4 N–H and O–H groups in total. The van der Waals surface area contributed by atoms with Crippen molar-refractivity contribution in [3.05, 3.63) is 64.7 Å². The highest BCUT2D eigenvalue weighted by Crippen LogP contribution is 2.27. The van der Waals surface area contributed by atoms with Gasteiger partial charge in [0, 0.05) is 31.4 Å². The predicted octanol–water partition coefficient (Wildman–Crippen LogP) is 2.36. The van der Waals surface area contributed by atoms with Gasteiger partial charge in [-0.05, 0) is 5.56 Å². The topological polar surface area (TPSA) is 123 Å². The minimum absolute atomic E-state index is 0.0233. The highest BCUT2D eigenvalue weighted by Gasteiger charge is 2.27. The van der Waals surface area contributed by atoms with Crippen LogP contribution >= 0.6 is 0 Å². The SMILES string of the molecule is COc1cc(F)c(C(OC)C(=O)NCc2ccc(/C(N)=N\C(=O)O)cc2)c(F)c1. The summed E-state index contributed by atoms with van der Waals surface area (Å²) in [6.07, 6.45) is -2.92. The number of nitrogens with zero attached hydrogens (tertiary/aromatic N) is 1. The van der Waals surface area contributed by atoms with E-state index >= 15 is 0 Å². The van der Waals surface area contributed by atoms with E-state index in [1.54, 1.807) is 12.1 Å². The van der Waals surface area contributed by atoms with Gasteiger partial charge < -0.3 is 25.6 Å². The van der Waals surface area contributed by atoms with Crippen LogP contribution in [0, 0.1) is 11.6 Å². The summed E-state index contributed by atoms with van der Waals surface area (Å²) in [5.74, 6) is -2.88. The second kappa shape index (κ2) is 9.60. The van der Waals surface area contributed by atoms with E-state index in [0.29, 0.717) is 11.1 Å². The van der Waals surface area contributed by atoms with Crippen LogP contribution in [-0.4, -0.2) is 37.2 Å². The van der Waals surface area contributed by atoms with Crippen LogP contribution in [-0.2, 0) is 16.1 Å². The molecule has 154 valence electrons. The minimum Gasteiger partial charge on any atom is -0.497 e. The molecule has 2 amide bonds. The Kier molecular flexibility index (Phi) is 7.21. The number of methoxy groups -OCH3 is 2. The Balaban J connectivity index is 2.10. The van der Waals surface area contributed by atoms with Gasteiger partial charge in [0.25, 0.3) is 5.91 Å². The first-order chi connectivity index (χ1) is 13.8. The number of amides is 2. The van der Waals surface area contributed by atoms with Gasteiger partial charge in [-0.25, -0.2) is 13.6 Å². The van der Waals surface area contributed by atoms with E-state index < -0.39 is 35.3 Å². The normalized spacial score (nSPS) is 12.3. The van der Waals surface area contributed by atoms with Crippen LogP contribution in [0.5, 0.6) is 5.75 Å². The molecule has 10 heteroatoms. The Morgan fingerprint density at radius 1 is 1.17 bits per heavy atom. The van der Waals surface area contributed by atoms with Crippen LogP contribution in [0.1, 0.15) is 22.8 Å². The number of carbonyl (C=O) groups excluding carboxylic acids is 1. The summed E-state index contributed by atoms with van der Waals surface area (Å²) in [6.45, 7) is 0.0361. The molecule has 8 nitrogen and oxygen atoms in total. The summed E-state index contributed by atoms with van der Waals surface area (Å²) in [5, 5.41) is 11.1. The number of hydrogen-bond donors (Lipinski definition) is 3. The average Bonchev–Trinajstić information content (AvgIpc) is 2.68. The van der Waals surface area contributed by atoms with Crippen LogP contribution in [0.3, 0.4) is 0 Å². The van der Waals surface area contributed by atoms with Crippen LogP contribution < -0.4 is 15.8 Å². The third-order valence-corrected chi connectivity index (χ3v) is 3.96. The van der Waals surface area contributed by atoms with Gasteiger partial charge in [-0.1, -0.05) is 24.3 Å². The van der Waals surface area contributed by atoms with Crippen LogP contribution in [0.15, 0.2) is 41.4 Å². The lowest BCUT2D eigenvalue weighted by Gasteiger charge is -2.17. The van der Waals surface area contributed by atoms with Crippen molar-refractivity contribution in [2.75, 3.05) is 14.2 Å². The second-order valence-corrected chi connectivity index (χ2v) is 5.81. The number of ether oxygens (including phenoxy) is 2. The monoisotopic (exact) mass is 407 g/mol. The van der Waals surface area contributed by atoms with Crippen molar-refractivity contribution in [2.24, 2.45) is 10.7 Å². The number of amidine groups is 1. The number of hydrogen-bond acceptors (Lipinski definition) is 4. The first-order valence-corrected chi connectivity index (χ1v) is 8.26. The standard InChI is InChI=1S/C19H19F2N3O5/c1-28-12-7-13(20)15(14(21)8-12)16(29-2)18(25)23-9-10-3-5-11(6-4-10)17(22)24-19(26)27/h3-8,16H,9H2,1-2H3,(H2,22,24)(H,23,25)(H,26,27). The van der Waals surface area contributed by atoms with E-state index in [1.807, 2.05) is 0 Å². The molecule has 2 aromatic carbocycles. The van der Waals surface area contributed by atoms with Gasteiger partial charge in [0.15, 0.2) is 6.10 Å². The number of aliphatic imine (C=N–C) groups is 1. The van der Waals surface area contributed by atoms with Gasteiger partial charge in [-0.3, -0.25) is 4.79 Å². The number of carboxylic acid groups (broad SMARTS) is 1. The van der Waals surface area contributed by atoms with E-state index in [4.69, 9.17) is 20.3 Å². The molecule has 0 fully saturated rings. The maximum absolute atomic E-state index is 14.2. The summed E-state index contributed by atoms with van der Waals surface area (Å²) in [6, 6.07) is 8.16. The fourth-order valence-corrected chi connectivity index (χ4v) is 2.53. The Morgan fingerprint density at radius 2 is 1.76 bits per heavy atom. The Bertz CT molecular complexity index is 909. The minimum atomic E-state index is -1.50. The van der Waals surface area contributed by atoms with Gasteiger partial charge in [-0.2, -0.15) is 4.99 Å². The fraction of sp³-hybridized carbons (Fsp3) is 0.211. The molecule has 2 aromatic rings. The highest BCUT2D eigenvalue weighted by molar-refractivity contribution is 6.02. The molecule has 0 aromatic heterocycles. The van der Waals surface area contributed by atoms with E-state index in [1.165, 1.54) is 19.2 Å². The molecule has 0 aliphatic rings. The van der Waals surface area contributed by atoms with Gasteiger partial charge in [0.05, 0.1) is 12.7 Å². The Labute approximate surface area is 165 Å². The van der Waals surface area contributed by atoms with Crippen LogP contribution in [0.4, 0.5) is 13.6 Å². The number of halogens is 2. The molecule has 0 spiro atoms. The molecule has 0 heterocycles. The van der Waals surface area contributed by atoms with Gasteiger partial charge >= 0.3 is 6.09 Å². The average molecular weight is 407 g/mol. The van der Waals surface area contributed by atoms with Crippen molar-refractivity contribution < 1.29 is 33.0 Å².